The Morgan fingerprint density at radius 3 is 3.06 bits per heavy atom. The van der Waals surface area contributed by atoms with Crippen LogP contribution in [0.1, 0.15) is 15.9 Å². The minimum atomic E-state index is -0.109. The molecule has 0 radical (unpaired) electrons. The van der Waals surface area contributed by atoms with Crippen LogP contribution in [0.2, 0.25) is 0 Å². The fourth-order valence-electron chi connectivity index (χ4n) is 1.53. The lowest BCUT2D eigenvalue weighted by atomic mass is 10.1. The summed E-state index contributed by atoms with van der Waals surface area (Å²) < 4.78 is 1.66. The summed E-state index contributed by atoms with van der Waals surface area (Å²) in [6.45, 7) is 1.11. The van der Waals surface area contributed by atoms with E-state index in [1.54, 1.807) is 29.2 Å². The molecule has 0 aliphatic rings. The van der Waals surface area contributed by atoms with E-state index >= 15 is 0 Å². The Kier molecular flexibility index (Phi) is 4.30. The fourth-order valence-corrected chi connectivity index (χ4v) is 1.70. The zero-order chi connectivity index (χ0) is 12.8. The maximum Gasteiger partial charge on any atom is 0.251 e. The molecule has 18 heavy (non-hydrogen) atoms. The number of carbonyl (C=O) groups is 1. The zero-order valence-corrected chi connectivity index (χ0v) is 10.5. The van der Waals surface area contributed by atoms with Crippen LogP contribution in [-0.2, 0) is 12.4 Å². The van der Waals surface area contributed by atoms with Gasteiger partial charge >= 0.3 is 0 Å². The normalized spacial score (nSPS) is 10.3. The number of amides is 1. The molecule has 2 rings (SSSR count). The van der Waals surface area contributed by atoms with Crippen LogP contribution in [0.4, 0.5) is 0 Å². The number of rotatable bonds is 5. The second kappa shape index (κ2) is 6.16. The summed E-state index contributed by atoms with van der Waals surface area (Å²) in [7, 11) is 0. The smallest absolute Gasteiger partial charge is 0.251 e. The Balaban J connectivity index is 1.87. The molecule has 0 fully saturated rings. The number of aromatic nitrogens is 3. The summed E-state index contributed by atoms with van der Waals surface area (Å²) in [4.78, 5) is 11.8. The van der Waals surface area contributed by atoms with Crippen molar-refractivity contribution in [2.45, 2.75) is 12.4 Å². The van der Waals surface area contributed by atoms with Crippen LogP contribution in [0, 0.1) is 0 Å². The molecule has 0 unspecified atom stereocenters. The maximum atomic E-state index is 11.8. The number of alkyl halides is 1. The molecule has 1 amide bonds. The van der Waals surface area contributed by atoms with Crippen LogP contribution in [0.5, 0.6) is 0 Å². The van der Waals surface area contributed by atoms with Gasteiger partial charge in [0, 0.05) is 24.2 Å². The van der Waals surface area contributed by atoms with Crippen molar-refractivity contribution < 1.29 is 4.79 Å². The lowest BCUT2D eigenvalue weighted by Gasteiger charge is -2.06. The Hall–Kier alpha value is -1.88. The molecular weight excluding hydrogens is 252 g/mol. The van der Waals surface area contributed by atoms with Crippen molar-refractivity contribution in [1.82, 2.24) is 20.3 Å². The van der Waals surface area contributed by atoms with E-state index in [0.29, 0.717) is 24.5 Å². The second-order valence-electron chi connectivity index (χ2n) is 3.76. The summed E-state index contributed by atoms with van der Waals surface area (Å²) in [6.07, 6.45) is 3.35. The van der Waals surface area contributed by atoms with Gasteiger partial charge in [0.15, 0.2) is 0 Å². The van der Waals surface area contributed by atoms with Crippen molar-refractivity contribution in [1.29, 1.82) is 0 Å². The second-order valence-corrected chi connectivity index (χ2v) is 4.02. The van der Waals surface area contributed by atoms with E-state index < -0.39 is 0 Å². The van der Waals surface area contributed by atoms with E-state index in [2.05, 4.69) is 15.6 Å². The molecule has 2 aromatic rings. The Morgan fingerprint density at radius 2 is 2.33 bits per heavy atom. The van der Waals surface area contributed by atoms with Crippen molar-refractivity contribution in [3.63, 3.8) is 0 Å². The van der Waals surface area contributed by atoms with Gasteiger partial charge in [-0.15, -0.1) is 16.7 Å². The van der Waals surface area contributed by atoms with Crippen LogP contribution in [0.25, 0.3) is 0 Å². The highest BCUT2D eigenvalue weighted by molar-refractivity contribution is 6.17. The van der Waals surface area contributed by atoms with E-state index in [1.807, 2.05) is 12.1 Å². The monoisotopic (exact) mass is 264 g/mol. The molecule has 0 aliphatic carbocycles. The van der Waals surface area contributed by atoms with Crippen molar-refractivity contribution >= 4 is 17.5 Å². The van der Waals surface area contributed by atoms with Gasteiger partial charge in [0.05, 0.1) is 12.7 Å². The molecule has 6 heteroatoms. The van der Waals surface area contributed by atoms with Crippen molar-refractivity contribution in [3.05, 3.63) is 47.8 Å². The fraction of sp³-hybridized carbons (Fsp3) is 0.250. The molecule has 0 bridgehead atoms. The Bertz CT molecular complexity index is 513. The maximum absolute atomic E-state index is 11.8. The van der Waals surface area contributed by atoms with Crippen LogP contribution in [0.3, 0.4) is 0 Å². The molecule has 1 aromatic carbocycles. The predicted octanol–water partition coefficient (Wildman–Crippen LogP) is 1.45. The molecule has 0 spiro atoms. The SMILES string of the molecule is O=C(NCCn1ccnn1)c1cccc(CCl)c1. The number of benzene rings is 1. The molecule has 1 N–H and O–H groups in total. The summed E-state index contributed by atoms with van der Waals surface area (Å²) in [5.41, 5.74) is 1.55. The zero-order valence-electron chi connectivity index (χ0n) is 9.71. The van der Waals surface area contributed by atoms with Gasteiger partial charge in [-0.05, 0) is 17.7 Å². The first-order valence-corrected chi connectivity index (χ1v) is 6.10. The average molecular weight is 265 g/mol. The summed E-state index contributed by atoms with van der Waals surface area (Å²) in [5.74, 6) is 0.294. The van der Waals surface area contributed by atoms with E-state index in [4.69, 9.17) is 11.6 Å². The van der Waals surface area contributed by atoms with Gasteiger partial charge in [0.2, 0.25) is 0 Å². The van der Waals surface area contributed by atoms with Gasteiger partial charge in [0.1, 0.15) is 0 Å². The number of hydrogen-bond donors (Lipinski definition) is 1. The van der Waals surface area contributed by atoms with Gasteiger partial charge in [-0.1, -0.05) is 17.3 Å². The Morgan fingerprint density at radius 1 is 1.44 bits per heavy atom. The summed E-state index contributed by atoms with van der Waals surface area (Å²) in [5, 5.41) is 10.3. The predicted molar refractivity (Wildman–Crippen MR) is 68.4 cm³/mol. The number of carbonyl (C=O) groups excluding carboxylic acids is 1. The van der Waals surface area contributed by atoms with Crippen LogP contribution in [0.15, 0.2) is 36.7 Å². The molecule has 5 nitrogen and oxygen atoms in total. The highest BCUT2D eigenvalue weighted by atomic mass is 35.5. The molecule has 0 saturated carbocycles. The van der Waals surface area contributed by atoms with Gasteiger partial charge in [-0.2, -0.15) is 0 Å². The number of nitrogens with one attached hydrogen (secondary N) is 1. The highest BCUT2D eigenvalue weighted by Gasteiger charge is 2.05. The first kappa shape index (κ1) is 12.6. The van der Waals surface area contributed by atoms with Crippen LogP contribution < -0.4 is 5.32 Å². The highest BCUT2D eigenvalue weighted by Crippen LogP contribution is 2.07. The van der Waals surface area contributed by atoms with Crippen LogP contribution in [-0.4, -0.2) is 27.4 Å². The topological polar surface area (TPSA) is 59.8 Å². The lowest BCUT2D eigenvalue weighted by molar-refractivity contribution is 0.0952. The van der Waals surface area contributed by atoms with Crippen molar-refractivity contribution in [2.75, 3.05) is 6.54 Å². The Labute approximate surface area is 110 Å². The number of hydrogen-bond acceptors (Lipinski definition) is 3. The van der Waals surface area contributed by atoms with Crippen molar-refractivity contribution in [2.24, 2.45) is 0 Å². The van der Waals surface area contributed by atoms with E-state index in [-0.39, 0.29) is 5.91 Å². The third-order valence-electron chi connectivity index (χ3n) is 2.44. The minimum Gasteiger partial charge on any atom is -0.350 e. The number of halogens is 1. The van der Waals surface area contributed by atoms with Crippen LogP contribution >= 0.6 is 11.6 Å². The molecule has 0 saturated heterocycles. The average Bonchev–Trinajstić information content (AvgIpc) is 2.92. The molecule has 0 atom stereocenters. The first-order chi connectivity index (χ1) is 8.79. The third-order valence-corrected chi connectivity index (χ3v) is 2.75. The van der Waals surface area contributed by atoms with Gasteiger partial charge in [-0.25, -0.2) is 0 Å². The van der Waals surface area contributed by atoms with Gasteiger partial charge in [-0.3, -0.25) is 9.48 Å². The number of nitrogens with zero attached hydrogens (tertiary/aromatic N) is 3. The standard InChI is InChI=1S/C12H13ClN4O/c13-9-10-2-1-3-11(8-10)12(18)14-4-6-17-7-5-15-16-17/h1-3,5,7-8H,4,6,9H2,(H,14,18). The van der Waals surface area contributed by atoms with E-state index in [9.17, 15) is 4.79 Å². The summed E-state index contributed by atoms with van der Waals surface area (Å²) >= 11 is 5.73. The molecule has 94 valence electrons. The largest absolute Gasteiger partial charge is 0.350 e. The summed E-state index contributed by atoms with van der Waals surface area (Å²) in [6, 6.07) is 7.27. The third kappa shape index (κ3) is 3.30. The molecule has 0 aliphatic heterocycles. The van der Waals surface area contributed by atoms with E-state index in [1.165, 1.54) is 0 Å². The van der Waals surface area contributed by atoms with Gasteiger partial charge < -0.3 is 5.32 Å². The molecule has 1 heterocycles. The quantitative estimate of drug-likeness (QED) is 0.832. The molecule has 1 aromatic heterocycles. The minimum absolute atomic E-state index is 0.109. The lowest BCUT2D eigenvalue weighted by Crippen LogP contribution is -2.27. The molecular formula is C12H13ClN4O. The van der Waals surface area contributed by atoms with Gasteiger partial charge in [0.25, 0.3) is 5.91 Å². The first-order valence-electron chi connectivity index (χ1n) is 5.57. The van der Waals surface area contributed by atoms with E-state index in [0.717, 1.165) is 5.56 Å². The van der Waals surface area contributed by atoms with Crippen molar-refractivity contribution in [3.8, 4) is 0 Å².